The number of rotatable bonds is 0. The van der Waals surface area contributed by atoms with Crippen LogP contribution in [0, 0.1) is 5.92 Å². The van der Waals surface area contributed by atoms with Crippen LogP contribution in [0.3, 0.4) is 0 Å². The Bertz CT molecular complexity index is 138. The van der Waals surface area contributed by atoms with Gasteiger partial charge in [-0.15, -0.1) is 0 Å². The monoisotopic (exact) mass is 268 g/mol. The van der Waals surface area contributed by atoms with E-state index in [0.717, 1.165) is 10.5 Å². The molecule has 2 aliphatic rings. The smallest absolute Gasteiger partial charge is 0.147 e. The summed E-state index contributed by atoms with van der Waals surface area (Å²) in [6, 6.07) is 0. The molecule has 0 spiro atoms. The lowest BCUT2D eigenvalue weighted by Crippen LogP contribution is -2.42. The lowest BCUT2D eigenvalue weighted by atomic mass is 9.86. The van der Waals surface area contributed by atoms with Crippen LogP contribution in [0.15, 0.2) is 0 Å². The topological polar surface area (TPSA) is 18.5 Å². The second-order valence-corrected chi connectivity index (χ2v) is 4.93. The van der Waals surface area contributed by atoms with Crippen LogP contribution in [0.4, 0.5) is 0 Å². The third-order valence-corrected chi connectivity index (χ3v) is 3.88. The van der Waals surface area contributed by atoms with E-state index in [0.29, 0.717) is 18.8 Å². The largest absolute Gasteiger partial charge is 0.355 e. The zero-order valence-electron chi connectivity index (χ0n) is 6.46. The van der Waals surface area contributed by atoms with Gasteiger partial charge in [-0.1, -0.05) is 29.0 Å². The van der Waals surface area contributed by atoms with Gasteiger partial charge < -0.3 is 9.47 Å². The summed E-state index contributed by atoms with van der Waals surface area (Å²) in [6.07, 6.45) is 4.45. The third kappa shape index (κ3) is 1.70. The van der Waals surface area contributed by atoms with Crippen molar-refractivity contribution in [3.8, 4) is 0 Å². The molecule has 1 aliphatic carbocycles. The van der Waals surface area contributed by atoms with Crippen molar-refractivity contribution in [1.82, 2.24) is 0 Å². The second-order valence-electron chi connectivity index (χ2n) is 3.33. The molecule has 0 bridgehead atoms. The van der Waals surface area contributed by atoms with E-state index in [1.165, 1.54) is 19.3 Å². The molecule has 2 nitrogen and oxygen atoms in total. The Morgan fingerprint density at radius 3 is 3.00 bits per heavy atom. The van der Waals surface area contributed by atoms with Gasteiger partial charge in [-0.25, -0.2) is 0 Å². The molecule has 64 valence electrons. The molecule has 0 aromatic rings. The highest BCUT2D eigenvalue weighted by Gasteiger charge is 2.34. The molecule has 2 rings (SSSR count). The SMILES string of the molecule is I[C@@H]1CCC[C@H]2COCO[C@H]21. The molecule has 1 heterocycles. The fraction of sp³-hybridized carbons (Fsp3) is 1.00. The molecule has 0 N–H and O–H groups in total. The molecule has 0 unspecified atom stereocenters. The van der Waals surface area contributed by atoms with E-state index in [1.54, 1.807) is 0 Å². The zero-order valence-corrected chi connectivity index (χ0v) is 8.62. The molecular formula is C8H13IO2. The maximum Gasteiger partial charge on any atom is 0.147 e. The maximum atomic E-state index is 5.56. The molecule has 3 atom stereocenters. The standard InChI is InChI=1S/C8H13IO2/c9-7-3-1-2-6-4-10-5-11-8(6)7/h6-8H,1-5H2/t6-,7+,8+/m0/s1. The third-order valence-electron chi connectivity index (χ3n) is 2.55. The highest BCUT2D eigenvalue weighted by atomic mass is 127. The first kappa shape index (κ1) is 8.26. The summed E-state index contributed by atoms with van der Waals surface area (Å²) in [7, 11) is 0. The molecule has 0 aromatic carbocycles. The normalized spacial score (nSPS) is 45.0. The van der Waals surface area contributed by atoms with Crippen molar-refractivity contribution in [3.63, 3.8) is 0 Å². The molecule has 1 saturated carbocycles. The number of fused-ring (bicyclic) bond motifs is 1. The summed E-state index contributed by atoms with van der Waals surface area (Å²) in [5.41, 5.74) is 0. The van der Waals surface area contributed by atoms with Gasteiger partial charge in [0.1, 0.15) is 6.79 Å². The summed E-state index contributed by atoms with van der Waals surface area (Å²) in [4.78, 5) is 0. The molecule has 11 heavy (non-hydrogen) atoms. The van der Waals surface area contributed by atoms with Gasteiger partial charge in [0.05, 0.1) is 12.7 Å². The number of halogens is 1. The predicted octanol–water partition coefficient (Wildman–Crippen LogP) is 1.96. The van der Waals surface area contributed by atoms with E-state index >= 15 is 0 Å². The van der Waals surface area contributed by atoms with Gasteiger partial charge in [0.25, 0.3) is 0 Å². The highest BCUT2D eigenvalue weighted by molar-refractivity contribution is 14.1. The van der Waals surface area contributed by atoms with Crippen molar-refractivity contribution in [2.75, 3.05) is 13.4 Å². The van der Waals surface area contributed by atoms with E-state index in [9.17, 15) is 0 Å². The lowest BCUT2D eigenvalue weighted by molar-refractivity contribution is -0.175. The lowest BCUT2D eigenvalue weighted by Gasteiger charge is -2.38. The minimum atomic E-state index is 0.484. The van der Waals surface area contributed by atoms with Gasteiger partial charge in [0, 0.05) is 9.84 Å². The van der Waals surface area contributed by atoms with Crippen LogP contribution < -0.4 is 0 Å². The first-order valence-corrected chi connectivity index (χ1v) is 5.46. The summed E-state index contributed by atoms with van der Waals surface area (Å²) < 4.78 is 11.5. The fourth-order valence-corrected chi connectivity index (χ4v) is 3.18. The molecule has 0 aromatic heterocycles. The average molecular weight is 268 g/mol. The van der Waals surface area contributed by atoms with E-state index in [2.05, 4.69) is 22.6 Å². The van der Waals surface area contributed by atoms with Crippen LogP contribution in [0.2, 0.25) is 0 Å². The minimum Gasteiger partial charge on any atom is -0.355 e. The highest BCUT2D eigenvalue weighted by Crippen LogP contribution is 2.34. The average Bonchev–Trinajstić information content (AvgIpc) is 2.06. The molecule has 1 aliphatic heterocycles. The summed E-state index contributed by atoms with van der Waals surface area (Å²) >= 11 is 2.51. The van der Waals surface area contributed by atoms with E-state index < -0.39 is 0 Å². The Labute approximate surface area is 80.8 Å². The Kier molecular flexibility index (Phi) is 2.69. The van der Waals surface area contributed by atoms with Crippen LogP contribution in [0.1, 0.15) is 19.3 Å². The number of hydrogen-bond acceptors (Lipinski definition) is 2. The van der Waals surface area contributed by atoms with Crippen LogP contribution in [0.5, 0.6) is 0 Å². The van der Waals surface area contributed by atoms with E-state index in [-0.39, 0.29) is 0 Å². The second kappa shape index (κ2) is 3.58. The Balaban J connectivity index is 1.99. The predicted molar refractivity (Wildman–Crippen MR) is 50.8 cm³/mol. The first-order valence-electron chi connectivity index (χ1n) is 4.21. The Morgan fingerprint density at radius 1 is 1.27 bits per heavy atom. The fourth-order valence-electron chi connectivity index (χ4n) is 1.94. The van der Waals surface area contributed by atoms with E-state index in [4.69, 9.17) is 9.47 Å². The molecule has 1 saturated heterocycles. The Morgan fingerprint density at radius 2 is 2.18 bits per heavy atom. The zero-order chi connectivity index (χ0) is 7.68. The Hall–Kier alpha value is 0.650. The van der Waals surface area contributed by atoms with Gasteiger partial charge in [-0.2, -0.15) is 0 Å². The van der Waals surface area contributed by atoms with Crippen LogP contribution >= 0.6 is 22.6 Å². The van der Waals surface area contributed by atoms with Crippen molar-refractivity contribution in [2.45, 2.75) is 29.3 Å². The first-order chi connectivity index (χ1) is 5.38. The number of hydrogen-bond donors (Lipinski definition) is 0. The molecule has 3 heteroatoms. The molecule has 2 fully saturated rings. The number of ether oxygens (including phenoxy) is 2. The summed E-state index contributed by atoms with van der Waals surface area (Å²) in [5, 5.41) is 0. The van der Waals surface area contributed by atoms with Crippen molar-refractivity contribution >= 4 is 22.6 Å². The van der Waals surface area contributed by atoms with E-state index in [1.807, 2.05) is 0 Å². The van der Waals surface area contributed by atoms with Gasteiger partial charge >= 0.3 is 0 Å². The van der Waals surface area contributed by atoms with Crippen LogP contribution in [-0.4, -0.2) is 23.4 Å². The van der Waals surface area contributed by atoms with Crippen molar-refractivity contribution in [2.24, 2.45) is 5.92 Å². The number of alkyl halides is 1. The minimum absolute atomic E-state index is 0.484. The molecule has 0 amide bonds. The summed E-state index contributed by atoms with van der Waals surface area (Å²) in [5.74, 6) is 0.680. The quantitative estimate of drug-likeness (QED) is 0.494. The summed E-state index contributed by atoms with van der Waals surface area (Å²) in [6.45, 7) is 1.44. The van der Waals surface area contributed by atoms with Crippen molar-refractivity contribution < 1.29 is 9.47 Å². The van der Waals surface area contributed by atoms with Gasteiger partial charge in [-0.05, 0) is 12.8 Å². The van der Waals surface area contributed by atoms with Crippen molar-refractivity contribution in [3.05, 3.63) is 0 Å². The maximum absolute atomic E-state index is 5.56. The molecule has 0 radical (unpaired) electrons. The van der Waals surface area contributed by atoms with Gasteiger partial charge in [0.15, 0.2) is 0 Å². The van der Waals surface area contributed by atoms with Crippen LogP contribution in [-0.2, 0) is 9.47 Å². The van der Waals surface area contributed by atoms with Crippen molar-refractivity contribution in [1.29, 1.82) is 0 Å². The van der Waals surface area contributed by atoms with Gasteiger partial charge in [0.2, 0.25) is 0 Å². The van der Waals surface area contributed by atoms with Gasteiger partial charge in [-0.3, -0.25) is 0 Å². The molecular weight excluding hydrogens is 255 g/mol. The van der Waals surface area contributed by atoms with Crippen LogP contribution in [0.25, 0.3) is 0 Å².